The number of aromatic nitrogens is 3. The smallest absolute Gasteiger partial charge is 0.237 e. The maximum absolute atomic E-state index is 12.7. The van der Waals surface area contributed by atoms with Crippen LogP contribution < -0.4 is 15.5 Å². The molecule has 2 aromatic heterocycles. The second-order valence-electron chi connectivity index (χ2n) is 9.07. The molecule has 8 nitrogen and oxygen atoms in total. The Labute approximate surface area is 204 Å². The molecule has 2 amide bonds. The second kappa shape index (κ2) is 8.87. The first-order chi connectivity index (χ1) is 16.9. The summed E-state index contributed by atoms with van der Waals surface area (Å²) in [4.78, 5) is 35.5. The van der Waals surface area contributed by atoms with E-state index in [2.05, 4.69) is 44.8 Å². The van der Waals surface area contributed by atoms with Crippen LogP contribution in [0.5, 0.6) is 0 Å². The molecule has 4 aromatic rings. The van der Waals surface area contributed by atoms with Crippen LogP contribution in [0, 0.1) is 0 Å². The van der Waals surface area contributed by atoms with Crippen molar-refractivity contribution in [1.29, 1.82) is 0 Å². The lowest BCUT2D eigenvalue weighted by Gasteiger charge is -2.35. The predicted octanol–water partition coefficient (Wildman–Crippen LogP) is 4.29. The van der Waals surface area contributed by atoms with Gasteiger partial charge in [-0.25, -0.2) is 4.98 Å². The molecule has 3 heterocycles. The fourth-order valence-corrected chi connectivity index (χ4v) is 4.72. The van der Waals surface area contributed by atoms with Crippen molar-refractivity contribution in [3.8, 4) is 11.3 Å². The summed E-state index contributed by atoms with van der Waals surface area (Å²) in [6, 6.07) is 16.1. The first-order valence-corrected chi connectivity index (χ1v) is 11.7. The van der Waals surface area contributed by atoms with E-state index in [4.69, 9.17) is 4.98 Å². The molecule has 178 valence electrons. The highest BCUT2D eigenvalue weighted by Crippen LogP contribution is 2.37. The number of hydrogen-bond donors (Lipinski definition) is 2. The molecule has 1 aliphatic rings. The van der Waals surface area contributed by atoms with E-state index in [1.54, 1.807) is 12.4 Å². The van der Waals surface area contributed by atoms with Crippen LogP contribution in [0.3, 0.4) is 0 Å². The Morgan fingerprint density at radius 2 is 1.83 bits per heavy atom. The third-order valence-electron chi connectivity index (χ3n) is 6.86. The lowest BCUT2D eigenvalue weighted by Crippen LogP contribution is -2.51. The van der Waals surface area contributed by atoms with E-state index < -0.39 is 5.41 Å². The number of piperidine rings is 1. The molecule has 0 aliphatic carbocycles. The fraction of sp³-hybridized carbons (Fsp3) is 0.259. The van der Waals surface area contributed by atoms with Crippen molar-refractivity contribution in [2.24, 2.45) is 0 Å². The summed E-state index contributed by atoms with van der Waals surface area (Å²) >= 11 is 0. The lowest BCUT2D eigenvalue weighted by atomic mass is 9.72. The Hall–Kier alpha value is -4.20. The van der Waals surface area contributed by atoms with Crippen molar-refractivity contribution in [2.75, 3.05) is 24.3 Å². The van der Waals surface area contributed by atoms with E-state index in [1.807, 2.05) is 55.9 Å². The third kappa shape index (κ3) is 4.01. The van der Waals surface area contributed by atoms with Gasteiger partial charge in [0.1, 0.15) is 11.5 Å². The number of imide groups is 1. The average molecular weight is 469 g/mol. The highest BCUT2D eigenvalue weighted by Gasteiger charge is 2.42. The number of carbonyl (C=O) groups is 2. The minimum absolute atomic E-state index is 0.203. The molecule has 1 aliphatic heterocycles. The van der Waals surface area contributed by atoms with E-state index in [9.17, 15) is 9.59 Å². The summed E-state index contributed by atoms with van der Waals surface area (Å²) in [7, 11) is 4.03. The number of nitrogens with zero attached hydrogens (tertiary/aromatic N) is 4. The normalized spacial score (nSPS) is 17.9. The van der Waals surface area contributed by atoms with Gasteiger partial charge in [0, 0.05) is 49.8 Å². The number of benzene rings is 2. The van der Waals surface area contributed by atoms with E-state index in [0.29, 0.717) is 19.3 Å². The van der Waals surface area contributed by atoms with Gasteiger partial charge < -0.3 is 10.2 Å². The number of anilines is 3. The largest absolute Gasteiger partial charge is 0.378 e. The number of hydrogen-bond acceptors (Lipinski definition) is 6. The summed E-state index contributed by atoms with van der Waals surface area (Å²) in [6.07, 6.45) is 6.86. The Morgan fingerprint density at radius 3 is 2.49 bits per heavy atom. The fourth-order valence-electron chi connectivity index (χ4n) is 4.72. The van der Waals surface area contributed by atoms with E-state index in [-0.39, 0.29) is 11.8 Å². The molecule has 1 unspecified atom stereocenters. The van der Waals surface area contributed by atoms with Crippen molar-refractivity contribution in [1.82, 2.24) is 19.7 Å². The van der Waals surface area contributed by atoms with Crippen molar-refractivity contribution in [3.63, 3.8) is 0 Å². The Kier molecular flexibility index (Phi) is 5.72. The van der Waals surface area contributed by atoms with Crippen LogP contribution in [0.25, 0.3) is 16.9 Å². The zero-order chi connectivity index (χ0) is 24.6. The number of nitrogens with one attached hydrogen (secondary N) is 2. The first kappa shape index (κ1) is 22.6. The molecule has 1 fully saturated rings. The molecule has 35 heavy (non-hydrogen) atoms. The maximum atomic E-state index is 12.7. The topological polar surface area (TPSA) is 91.6 Å². The molecule has 0 saturated carbocycles. The monoisotopic (exact) mass is 468 g/mol. The SMILES string of the molecule is CCC1(c2ccc(Nc3c(-c4ccc(N(C)C)cc4)nc4cnccn34)cc2)CCC(=O)NC1=O. The van der Waals surface area contributed by atoms with Gasteiger partial charge >= 0.3 is 0 Å². The van der Waals surface area contributed by atoms with Gasteiger partial charge in [0.15, 0.2) is 5.65 Å². The molecule has 0 radical (unpaired) electrons. The van der Waals surface area contributed by atoms with Crippen LogP contribution >= 0.6 is 0 Å². The molecule has 2 N–H and O–H groups in total. The van der Waals surface area contributed by atoms with Gasteiger partial charge in [-0.05, 0) is 42.7 Å². The van der Waals surface area contributed by atoms with Crippen molar-refractivity contribution < 1.29 is 9.59 Å². The van der Waals surface area contributed by atoms with Crippen LogP contribution in [-0.4, -0.2) is 40.3 Å². The predicted molar refractivity (Wildman–Crippen MR) is 137 cm³/mol. The molecular formula is C27H28N6O2. The van der Waals surface area contributed by atoms with Gasteiger partial charge in [-0.1, -0.05) is 31.2 Å². The van der Waals surface area contributed by atoms with Crippen LogP contribution in [0.1, 0.15) is 31.7 Å². The number of imidazole rings is 1. The Balaban J connectivity index is 1.49. The second-order valence-corrected chi connectivity index (χ2v) is 9.07. The molecule has 5 rings (SSSR count). The summed E-state index contributed by atoms with van der Waals surface area (Å²) in [5, 5.41) is 6.03. The van der Waals surface area contributed by atoms with Gasteiger partial charge in [-0.3, -0.25) is 24.3 Å². The van der Waals surface area contributed by atoms with Crippen molar-refractivity contribution >= 4 is 34.7 Å². The van der Waals surface area contributed by atoms with Crippen LogP contribution in [0.4, 0.5) is 17.2 Å². The molecular weight excluding hydrogens is 440 g/mol. The van der Waals surface area contributed by atoms with E-state index in [0.717, 1.165) is 39.7 Å². The van der Waals surface area contributed by atoms with E-state index in [1.165, 1.54) is 0 Å². The summed E-state index contributed by atoms with van der Waals surface area (Å²) in [5.41, 5.74) is 4.78. The summed E-state index contributed by atoms with van der Waals surface area (Å²) in [5.74, 6) is 0.416. The maximum Gasteiger partial charge on any atom is 0.237 e. The lowest BCUT2D eigenvalue weighted by molar-refractivity contribution is -0.138. The molecule has 1 saturated heterocycles. The van der Waals surface area contributed by atoms with Gasteiger partial charge in [0.25, 0.3) is 0 Å². The minimum atomic E-state index is -0.680. The van der Waals surface area contributed by atoms with Crippen LogP contribution in [0.15, 0.2) is 67.1 Å². The molecule has 0 spiro atoms. The molecule has 8 heteroatoms. The highest BCUT2D eigenvalue weighted by atomic mass is 16.2. The number of fused-ring (bicyclic) bond motifs is 1. The Morgan fingerprint density at radius 1 is 1.09 bits per heavy atom. The summed E-state index contributed by atoms with van der Waals surface area (Å²) < 4.78 is 1.98. The number of carbonyl (C=O) groups excluding carboxylic acids is 2. The van der Waals surface area contributed by atoms with Gasteiger partial charge in [-0.15, -0.1) is 0 Å². The highest BCUT2D eigenvalue weighted by molar-refractivity contribution is 6.03. The van der Waals surface area contributed by atoms with Crippen LogP contribution in [-0.2, 0) is 15.0 Å². The van der Waals surface area contributed by atoms with Crippen molar-refractivity contribution in [2.45, 2.75) is 31.6 Å². The zero-order valence-corrected chi connectivity index (χ0v) is 20.1. The van der Waals surface area contributed by atoms with Gasteiger partial charge in [0.05, 0.1) is 11.6 Å². The van der Waals surface area contributed by atoms with Gasteiger partial charge in [0.2, 0.25) is 11.8 Å². The number of rotatable bonds is 6. The third-order valence-corrected chi connectivity index (χ3v) is 6.86. The molecule has 1 atom stereocenters. The molecule has 2 aromatic carbocycles. The minimum Gasteiger partial charge on any atom is -0.378 e. The average Bonchev–Trinajstić information content (AvgIpc) is 3.23. The summed E-state index contributed by atoms with van der Waals surface area (Å²) in [6.45, 7) is 1.99. The van der Waals surface area contributed by atoms with Crippen LogP contribution in [0.2, 0.25) is 0 Å². The molecule has 0 bridgehead atoms. The standard InChI is InChI=1S/C27H28N6O2/c1-4-27(14-13-23(34)31-26(27)35)19-7-9-20(10-8-19)29-25-24(30-22-17-28-15-16-33(22)25)18-5-11-21(12-6-18)32(2)3/h5-12,15-17,29H,4,13-14H2,1-3H3,(H,31,34,35). The zero-order valence-electron chi connectivity index (χ0n) is 20.1. The number of amides is 2. The first-order valence-electron chi connectivity index (χ1n) is 11.7. The Bertz CT molecular complexity index is 1390. The van der Waals surface area contributed by atoms with E-state index >= 15 is 0 Å². The van der Waals surface area contributed by atoms with Gasteiger partial charge in [-0.2, -0.15) is 0 Å². The quantitative estimate of drug-likeness (QED) is 0.410. The van der Waals surface area contributed by atoms with Crippen molar-refractivity contribution in [3.05, 3.63) is 72.7 Å².